The van der Waals surface area contributed by atoms with Crippen LogP contribution in [0.5, 0.6) is 0 Å². The predicted molar refractivity (Wildman–Crippen MR) is 329 cm³/mol. The average Bonchev–Trinajstić information content (AvgIpc) is 3.66. The first-order valence-electron chi connectivity index (χ1n) is 28.5. The number of pyridine rings is 2. The topological polar surface area (TPSA) is 242 Å². The Kier molecular flexibility index (Phi) is 26.7. The van der Waals surface area contributed by atoms with Crippen LogP contribution in [0.3, 0.4) is 0 Å². The second-order valence-electron chi connectivity index (χ2n) is 21.8. The molecular weight excluding hydrogens is 1070 g/mol. The number of rotatable bonds is 26. The molecule has 0 saturated heterocycles. The molecule has 6 N–H and O–H groups in total. The average molecular weight is 1150 g/mol. The van der Waals surface area contributed by atoms with E-state index in [0.29, 0.717) is 32.4 Å². The molecule has 6 aromatic carbocycles. The molecule has 0 aliphatic rings. The van der Waals surface area contributed by atoms with Gasteiger partial charge in [-0.15, -0.1) is 0 Å². The molecule has 0 bridgehead atoms. The van der Waals surface area contributed by atoms with Crippen LogP contribution in [0.2, 0.25) is 0 Å². The number of amides is 4. The number of carbonyl (C=O) groups is 6. The Morgan fingerprint density at radius 3 is 1.25 bits per heavy atom. The zero-order chi connectivity index (χ0) is 59.4. The first-order chi connectivity index (χ1) is 40.0. The van der Waals surface area contributed by atoms with E-state index in [1.165, 1.54) is 19.1 Å². The second kappa shape index (κ2) is 33.4. The van der Waals surface area contributed by atoms with E-state index in [9.17, 15) is 33.9 Å². The Bertz CT molecular complexity index is 3530. The van der Waals surface area contributed by atoms with Crippen molar-refractivity contribution < 1.29 is 62.9 Å². The number of likely N-dealkylation sites (N-methyl/N-ethyl adjacent to an activating group) is 2. The number of fused-ring (bicyclic) bond motifs is 4. The molecule has 0 aliphatic carbocycles. The number of nitrogens with one attached hydrogen (secondary N) is 4. The number of carboxylic acid groups (broad SMARTS) is 1. The number of esters is 1. The Morgan fingerprint density at radius 1 is 0.506 bits per heavy atom. The van der Waals surface area contributed by atoms with Gasteiger partial charge in [0.15, 0.2) is 0 Å². The predicted octanol–water partition coefficient (Wildman–Crippen LogP) is 6.02. The van der Waals surface area contributed by atoms with Crippen LogP contribution in [0.15, 0.2) is 158 Å². The Hall–Kier alpha value is -8.04. The summed E-state index contributed by atoms with van der Waals surface area (Å²) in [4.78, 5) is 90.9. The van der Waals surface area contributed by atoms with Gasteiger partial charge < -0.3 is 46.4 Å². The molecular formula is C67H79LiN8O9. The van der Waals surface area contributed by atoms with Gasteiger partial charge in [-0.2, -0.15) is 0 Å². The number of hydrogen-bond acceptors (Lipinski definition) is 12. The van der Waals surface area contributed by atoms with Crippen LogP contribution in [0.25, 0.3) is 43.4 Å². The van der Waals surface area contributed by atoms with E-state index in [0.717, 1.165) is 65.6 Å². The smallest absolute Gasteiger partial charge is 0.870 e. The minimum absolute atomic E-state index is 0. The van der Waals surface area contributed by atoms with Gasteiger partial charge in [-0.3, -0.25) is 38.7 Å². The molecule has 0 radical (unpaired) electrons. The largest absolute Gasteiger partial charge is 1.00 e. The Morgan fingerprint density at radius 2 is 0.871 bits per heavy atom. The number of aliphatic carboxylic acids is 1. The first kappa shape index (κ1) is 67.7. The molecule has 8 aromatic rings. The van der Waals surface area contributed by atoms with E-state index in [1.54, 1.807) is 18.1 Å². The zero-order valence-corrected chi connectivity index (χ0v) is 50.1. The van der Waals surface area contributed by atoms with Crippen molar-refractivity contribution >= 4 is 78.9 Å². The molecule has 0 unspecified atom stereocenters. The van der Waals surface area contributed by atoms with E-state index >= 15 is 0 Å². The molecule has 0 aliphatic heterocycles. The van der Waals surface area contributed by atoms with Crippen molar-refractivity contribution in [2.75, 3.05) is 34.3 Å². The molecule has 2 heterocycles. The van der Waals surface area contributed by atoms with Crippen molar-refractivity contribution in [3.8, 4) is 0 Å². The molecule has 442 valence electrons. The molecule has 8 rings (SSSR count). The fourth-order valence-corrected chi connectivity index (χ4v) is 10.4. The maximum absolute atomic E-state index is 14.3. The Labute approximate surface area is 510 Å². The fourth-order valence-electron chi connectivity index (χ4n) is 10.4. The van der Waals surface area contributed by atoms with Crippen LogP contribution in [0.4, 0.5) is 0 Å². The van der Waals surface area contributed by atoms with Gasteiger partial charge in [0.05, 0.1) is 43.1 Å². The summed E-state index contributed by atoms with van der Waals surface area (Å²) in [5.74, 6) is -2.21. The van der Waals surface area contributed by atoms with E-state index in [4.69, 9.17) is 4.74 Å². The van der Waals surface area contributed by atoms with E-state index in [-0.39, 0.29) is 92.2 Å². The standard InChI is InChI=1S/C34H40N4O4.C33H38N4O4.Li.H2O/c1-23(2)17-30(37-22-25-19-28-11-7-8-12-29(28)36-21-25)34(41)38(16-15-32(39)42-4)31(33(40)35-3)20-24-13-14-26-9-5-6-10-27(26)18-24;1-22(2)16-29(36-21-24-18-27-10-6-7-11-28(27)35-20-24)33(41)37(15-14-31(38)39)30(32(40)34-3)19-23-12-13-25-8-4-5-9-26(25)17-23;;/h5-14,18-19,21,23,30-31,37H,15-17,20,22H2,1-4H3,(H,35,40);4-13,17-18,20,22,29-30,36H,14-16,19,21H2,1-3H3,(H,34,40)(H,38,39);;1H2/q;;+1;/p-1/t30-,31-;29-,30-;;/m00../s1. The van der Waals surface area contributed by atoms with Crippen LogP contribution in [-0.4, -0.2) is 124 Å². The van der Waals surface area contributed by atoms with Gasteiger partial charge in [0.25, 0.3) is 0 Å². The van der Waals surface area contributed by atoms with Crippen molar-refractivity contribution in [1.82, 2.24) is 41.0 Å². The van der Waals surface area contributed by atoms with Crippen molar-refractivity contribution in [2.45, 2.75) is 103 Å². The quantitative estimate of drug-likeness (QED) is 0.0308. The van der Waals surface area contributed by atoms with Gasteiger partial charge >= 0.3 is 30.8 Å². The number of aromatic nitrogens is 2. The van der Waals surface area contributed by atoms with Crippen molar-refractivity contribution in [3.05, 3.63) is 180 Å². The molecule has 0 spiro atoms. The van der Waals surface area contributed by atoms with Gasteiger partial charge in [0.1, 0.15) is 12.1 Å². The minimum Gasteiger partial charge on any atom is -0.870 e. The normalized spacial score (nSPS) is 12.4. The summed E-state index contributed by atoms with van der Waals surface area (Å²) in [5.41, 5.74) is 5.51. The monoisotopic (exact) mass is 1150 g/mol. The van der Waals surface area contributed by atoms with Crippen molar-refractivity contribution in [3.63, 3.8) is 0 Å². The summed E-state index contributed by atoms with van der Waals surface area (Å²) in [5, 5.41) is 28.0. The summed E-state index contributed by atoms with van der Waals surface area (Å²) < 4.78 is 4.88. The molecule has 18 heteroatoms. The number of carboxylic acids is 1. The summed E-state index contributed by atoms with van der Waals surface area (Å²) >= 11 is 0. The molecule has 85 heavy (non-hydrogen) atoms. The molecule has 4 atom stereocenters. The third-order valence-corrected chi connectivity index (χ3v) is 14.7. The van der Waals surface area contributed by atoms with Crippen LogP contribution in [0.1, 0.15) is 75.6 Å². The van der Waals surface area contributed by atoms with Gasteiger partial charge in [-0.1, -0.05) is 149 Å². The van der Waals surface area contributed by atoms with Gasteiger partial charge in [0.2, 0.25) is 23.6 Å². The summed E-state index contributed by atoms with van der Waals surface area (Å²) in [7, 11) is 4.42. The van der Waals surface area contributed by atoms with Gasteiger partial charge in [-0.25, -0.2) is 0 Å². The van der Waals surface area contributed by atoms with Crippen LogP contribution in [0, 0.1) is 11.8 Å². The number of ether oxygens (including phenoxy) is 1. The van der Waals surface area contributed by atoms with Gasteiger partial charge in [-0.05, 0) is 92.7 Å². The van der Waals surface area contributed by atoms with Crippen LogP contribution in [-0.2, 0) is 59.4 Å². The number of carbonyl (C=O) groups excluding carboxylic acids is 5. The molecule has 17 nitrogen and oxygen atoms in total. The summed E-state index contributed by atoms with van der Waals surface area (Å²) in [6.45, 7) is 9.01. The van der Waals surface area contributed by atoms with E-state index in [2.05, 4.69) is 51.1 Å². The number of benzene rings is 6. The zero-order valence-electron chi connectivity index (χ0n) is 50.1. The number of methoxy groups -OCH3 is 1. The minimum atomic E-state index is -1.03. The summed E-state index contributed by atoms with van der Waals surface area (Å²) in [6.07, 6.45) is 4.98. The second-order valence-corrected chi connectivity index (χ2v) is 21.8. The van der Waals surface area contributed by atoms with Crippen LogP contribution < -0.4 is 40.1 Å². The molecule has 4 amide bonds. The van der Waals surface area contributed by atoms with E-state index in [1.807, 2.05) is 160 Å². The summed E-state index contributed by atoms with van der Waals surface area (Å²) in [6, 6.07) is 45.0. The van der Waals surface area contributed by atoms with Gasteiger partial charge in [0, 0.05) is 76.3 Å². The fraction of sp³-hybridized carbons (Fsp3) is 0.343. The van der Waals surface area contributed by atoms with Crippen LogP contribution >= 0.6 is 0 Å². The third kappa shape index (κ3) is 19.5. The van der Waals surface area contributed by atoms with Crippen molar-refractivity contribution in [2.24, 2.45) is 11.8 Å². The molecule has 2 aromatic heterocycles. The van der Waals surface area contributed by atoms with E-state index < -0.39 is 36.1 Å². The molecule has 0 fully saturated rings. The maximum Gasteiger partial charge on any atom is 1.00 e. The number of hydrogen-bond donors (Lipinski definition) is 5. The number of para-hydroxylation sites is 2. The maximum atomic E-state index is 14.3. The number of nitrogens with zero attached hydrogens (tertiary/aromatic N) is 4. The van der Waals surface area contributed by atoms with Crippen molar-refractivity contribution in [1.29, 1.82) is 0 Å². The SMILES string of the molecule is CNC(=O)[C@H](Cc1ccc2ccccc2c1)N(CCC(=O)O)C(=O)[C@H](CC(C)C)NCc1cnc2ccccc2c1.CNC(=O)[C@H](Cc1ccc2ccccc2c1)N(CCC(=O)OC)C(=O)[C@H](CC(C)C)NCc1cnc2ccccc2c1.[Li+].[OH-]. The Balaban J connectivity index is 0.000000304. The molecule has 0 saturated carbocycles. The first-order valence-corrected chi connectivity index (χ1v) is 28.5. The third-order valence-electron chi connectivity index (χ3n) is 14.7.